The third-order valence-corrected chi connectivity index (χ3v) is 3.09. The fourth-order valence-corrected chi connectivity index (χ4v) is 2.26. The molecule has 0 aliphatic rings. The summed E-state index contributed by atoms with van der Waals surface area (Å²) < 4.78 is 1.85. The van der Waals surface area contributed by atoms with Crippen LogP contribution in [0.5, 0.6) is 0 Å². The van der Waals surface area contributed by atoms with Crippen LogP contribution < -0.4 is 0 Å². The lowest BCUT2D eigenvalue weighted by Crippen LogP contribution is -2.03. The molecule has 0 amide bonds. The maximum atomic E-state index is 9.01. The van der Waals surface area contributed by atoms with Crippen LogP contribution in [0.3, 0.4) is 0 Å². The second-order valence-electron chi connectivity index (χ2n) is 4.43. The molecule has 19 heavy (non-hydrogen) atoms. The molecule has 0 atom stereocenters. The number of nitrogens with zero attached hydrogens (tertiary/aromatic N) is 4. The number of rotatable bonds is 2. The highest BCUT2D eigenvalue weighted by Gasteiger charge is 2.07. The Morgan fingerprint density at radius 1 is 1.32 bits per heavy atom. The number of imidazole rings is 1. The Hall–Kier alpha value is -2.67. The molecule has 0 bridgehead atoms. The summed E-state index contributed by atoms with van der Waals surface area (Å²) in [5, 5.41) is 10.1. The molecule has 4 heteroatoms. The molecule has 1 aromatic carbocycles. The zero-order chi connectivity index (χ0) is 13.2. The molecule has 92 valence electrons. The largest absolute Gasteiger partial charge is 0.318 e. The molecule has 0 saturated heterocycles. The van der Waals surface area contributed by atoms with Crippen LogP contribution in [0, 0.1) is 18.3 Å². The van der Waals surface area contributed by atoms with Crippen molar-refractivity contribution in [1.29, 1.82) is 5.26 Å². The van der Waals surface area contributed by atoms with E-state index in [0.717, 1.165) is 22.2 Å². The molecule has 0 fully saturated rings. The van der Waals surface area contributed by atoms with Gasteiger partial charge >= 0.3 is 0 Å². The van der Waals surface area contributed by atoms with Gasteiger partial charge in [-0.25, -0.2) is 4.98 Å². The van der Waals surface area contributed by atoms with Crippen molar-refractivity contribution in [3.05, 3.63) is 59.8 Å². The zero-order valence-electron chi connectivity index (χ0n) is 10.5. The van der Waals surface area contributed by atoms with E-state index in [2.05, 4.69) is 28.2 Å². The van der Waals surface area contributed by atoms with Gasteiger partial charge in [0.05, 0.1) is 12.1 Å². The highest BCUT2D eigenvalue weighted by Crippen LogP contribution is 2.19. The van der Waals surface area contributed by atoms with Gasteiger partial charge in [0.25, 0.3) is 0 Å². The number of nitriles is 1. The summed E-state index contributed by atoms with van der Waals surface area (Å²) in [6, 6.07) is 12.2. The average molecular weight is 248 g/mol. The predicted molar refractivity (Wildman–Crippen MR) is 72.5 cm³/mol. The number of fused-ring (bicyclic) bond motifs is 1. The molecule has 0 spiro atoms. The van der Waals surface area contributed by atoms with Crippen LogP contribution in [0.2, 0.25) is 0 Å². The quantitative estimate of drug-likeness (QED) is 0.700. The molecule has 2 aromatic heterocycles. The van der Waals surface area contributed by atoms with Crippen molar-refractivity contribution in [2.75, 3.05) is 0 Å². The van der Waals surface area contributed by atoms with Crippen LogP contribution in [-0.4, -0.2) is 14.5 Å². The lowest BCUT2D eigenvalue weighted by Gasteiger charge is -2.09. The van der Waals surface area contributed by atoms with Gasteiger partial charge in [-0.05, 0) is 24.6 Å². The first-order valence-electron chi connectivity index (χ1n) is 6.04. The van der Waals surface area contributed by atoms with E-state index in [1.165, 1.54) is 0 Å². The minimum atomic E-state index is 0.429. The van der Waals surface area contributed by atoms with Gasteiger partial charge in [-0.15, -0.1) is 0 Å². The van der Waals surface area contributed by atoms with Gasteiger partial charge in [-0.3, -0.25) is 4.98 Å². The van der Waals surface area contributed by atoms with Crippen LogP contribution in [0.25, 0.3) is 10.9 Å². The molecule has 0 N–H and O–H groups in total. The number of hydrogen-bond donors (Lipinski definition) is 0. The summed E-state index contributed by atoms with van der Waals surface area (Å²) in [6.07, 6.45) is 3.47. The molecule has 3 rings (SSSR count). The highest BCUT2D eigenvalue weighted by atomic mass is 15.1. The summed E-state index contributed by atoms with van der Waals surface area (Å²) in [5.74, 6) is 0.429. The Morgan fingerprint density at radius 3 is 3.00 bits per heavy atom. The average Bonchev–Trinajstić information content (AvgIpc) is 2.86. The van der Waals surface area contributed by atoms with Crippen LogP contribution in [0.4, 0.5) is 0 Å². The molecule has 0 aliphatic carbocycles. The lowest BCUT2D eigenvalue weighted by molar-refractivity contribution is 0.785. The van der Waals surface area contributed by atoms with Crippen molar-refractivity contribution >= 4 is 10.9 Å². The van der Waals surface area contributed by atoms with Crippen molar-refractivity contribution in [3.8, 4) is 6.07 Å². The first-order chi connectivity index (χ1) is 9.28. The molecule has 0 saturated carbocycles. The molecular formula is C15H12N4. The van der Waals surface area contributed by atoms with Crippen LogP contribution in [-0.2, 0) is 6.54 Å². The topological polar surface area (TPSA) is 54.5 Å². The van der Waals surface area contributed by atoms with Crippen molar-refractivity contribution < 1.29 is 0 Å². The second kappa shape index (κ2) is 4.54. The smallest absolute Gasteiger partial charge is 0.213 e. The van der Waals surface area contributed by atoms with E-state index in [-0.39, 0.29) is 0 Å². The van der Waals surface area contributed by atoms with E-state index in [1.807, 2.05) is 35.9 Å². The van der Waals surface area contributed by atoms with E-state index in [1.54, 1.807) is 6.20 Å². The first kappa shape index (κ1) is 11.4. The highest BCUT2D eigenvalue weighted by molar-refractivity contribution is 5.82. The summed E-state index contributed by atoms with van der Waals surface area (Å²) in [4.78, 5) is 8.54. The second-order valence-corrected chi connectivity index (χ2v) is 4.43. The lowest BCUT2D eigenvalue weighted by atomic mass is 10.1. The van der Waals surface area contributed by atoms with E-state index >= 15 is 0 Å². The third-order valence-electron chi connectivity index (χ3n) is 3.09. The van der Waals surface area contributed by atoms with Gasteiger partial charge in [-0.2, -0.15) is 5.26 Å². The zero-order valence-corrected chi connectivity index (χ0v) is 10.5. The number of para-hydroxylation sites is 1. The maximum Gasteiger partial charge on any atom is 0.213 e. The van der Waals surface area contributed by atoms with Gasteiger partial charge in [0.2, 0.25) is 5.82 Å². The van der Waals surface area contributed by atoms with E-state index < -0.39 is 0 Å². The molecule has 2 heterocycles. The summed E-state index contributed by atoms with van der Waals surface area (Å²) in [7, 11) is 0. The van der Waals surface area contributed by atoms with Crippen molar-refractivity contribution in [2.45, 2.75) is 13.5 Å². The maximum absolute atomic E-state index is 9.01. The normalized spacial score (nSPS) is 10.5. The monoisotopic (exact) mass is 248 g/mol. The summed E-state index contributed by atoms with van der Waals surface area (Å²) >= 11 is 0. The van der Waals surface area contributed by atoms with E-state index in [4.69, 9.17) is 5.26 Å². The van der Waals surface area contributed by atoms with Crippen molar-refractivity contribution in [1.82, 2.24) is 14.5 Å². The molecule has 0 aliphatic heterocycles. The molecule has 3 aromatic rings. The van der Waals surface area contributed by atoms with E-state index in [9.17, 15) is 0 Å². The van der Waals surface area contributed by atoms with Gasteiger partial charge in [-0.1, -0.05) is 18.2 Å². The molecular weight excluding hydrogens is 236 g/mol. The number of hydrogen-bond acceptors (Lipinski definition) is 3. The standard InChI is InChI=1S/C15H12N4/c1-11-8-12(10-19-7-6-17-15(19)9-16)13-4-2-3-5-14(13)18-11/h2-8H,10H2,1H3. The first-order valence-corrected chi connectivity index (χ1v) is 6.04. The van der Waals surface area contributed by atoms with Crippen LogP contribution in [0.15, 0.2) is 42.7 Å². The minimum Gasteiger partial charge on any atom is -0.318 e. The molecule has 4 nitrogen and oxygen atoms in total. The van der Waals surface area contributed by atoms with Crippen molar-refractivity contribution in [3.63, 3.8) is 0 Å². The SMILES string of the molecule is Cc1cc(Cn2ccnc2C#N)c2ccccc2n1. The Kier molecular flexibility index (Phi) is 2.73. The Labute approximate surface area is 111 Å². The number of aryl methyl sites for hydroxylation is 1. The third kappa shape index (κ3) is 2.06. The van der Waals surface area contributed by atoms with Crippen LogP contribution >= 0.6 is 0 Å². The van der Waals surface area contributed by atoms with Gasteiger partial charge < -0.3 is 4.57 Å². The number of pyridine rings is 1. The fourth-order valence-electron chi connectivity index (χ4n) is 2.26. The summed E-state index contributed by atoms with van der Waals surface area (Å²) in [5.41, 5.74) is 3.11. The minimum absolute atomic E-state index is 0.429. The van der Waals surface area contributed by atoms with Gasteiger partial charge in [0.15, 0.2) is 0 Å². The number of benzene rings is 1. The number of aromatic nitrogens is 3. The van der Waals surface area contributed by atoms with Crippen molar-refractivity contribution in [2.24, 2.45) is 0 Å². The summed E-state index contributed by atoms with van der Waals surface area (Å²) in [6.45, 7) is 2.61. The Bertz CT molecular complexity index is 780. The van der Waals surface area contributed by atoms with Crippen LogP contribution in [0.1, 0.15) is 17.1 Å². The fraction of sp³-hybridized carbons (Fsp3) is 0.133. The molecule has 0 unspecified atom stereocenters. The molecule has 0 radical (unpaired) electrons. The Balaban J connectivity index is 2.13. The Morgan fingerprint density at radius 2 is 2.16 bits per heavy atom. The van der Waals surface area contributed by atoms with Gasteiger partial charge in [0, 0.05) is 23.5 Å². The van der Waals surface area contributed by atoms with E-state index in [0.29, 0.717) is 12.4 Å². The van der Waals surface area contributed by atoms with Gasteiger partial charge in [0.1, 0.15) is 6.07 Å². The predicted octanol–water partition coefficient (Wildman–Crippen LogP) is 2.66.